The van der Waals surface area contributed by atoms with Gasteiger partial charge in [-0.15, -0.1) is 11.3 Å². The monoisotopic (exact) mass is 269 g/mol. The number of hydrogen-bond donors (Lipinski definition) is 1. The Kier molecular flexibility index (Phi) is 4.44. The molecule has 0 saturated carbocycles. The molecule has 1 aromatic rings. The fourth-order valence-electron chi connectivity index (χ4n) is 1.70. The lowest BCUT2D eigenvalue weighted by molar-refractivity contribution is 0.468. The summed E-state index contributed by atoms with van der Waals surface area (Å²) >= 11 is 1.73. The van der Waals surface area contributed by atoms with Crippen molar-refractivity contribution < 1.29 is 0 Å². The van der Waals surface area contributed by atoms with Crippen molar-refractivity contribution in [2.75, 3.05) is 11.9 Å². The molecule has 0 bridgehead atoms. The van der Waals surface area contributed by atoms with E-state index in [4.69, 9.17) is 10.7 Å². The van der Waals surface area contributed by atoms with Crippen LogP contribution in [-0.4, -0.2) is 17.6 Å². The summed E-state index contributed by atoms with van der Waals surface area (Å²) in [5.41, 5.74) is 7.18. The number of hydrogen-bond acceptors (Lipinski definition) is 4. The molecule has 104 valence electrons. The molecule has 0 radical (unpaired) electrons. The van der Waals surface area contributed by atoms with Gasteiger partial charge in [0.25, 0.3) is 0 Å². The smallest absolute Gasteiger partial charge is 0.186 e. The Morgan fingerprint density at radius 2 is 1.78 bits per heavy atom. The minimum atomic E-state index is 0.0562. The van der Waals surface area contributed by atoms with Gasteiger partial charge in [-0.05, 0) is 20.3 Å². The van der Waals surface area contributed by atoms with Crippen molar-refractivity contribution in [3.05, 3.63) is 10.6 Å². The first-order valence-electron chi connectivity index (χ1n) is 6.57. The van der Waals surface area contributed by atoms with Crippen molar-refractivity contribution in [1.29, 1.82) is 0 Å². The van der Waals surface area contributed by atoms with Gasteiger partial charge in [-0.25, -0.2) is 4.98 Å². The highest BCUT2D eigenvalue weighted by atomic mass is 32.1. The zero-order valence-corrected chi connectivity index (χ0v) is 13.6. The van der Waals surface area contributed by atoms with Gasteiger partial charge in [0.1, 0.15) is 0 Å². The number of aromatic nitrogens is 1. The molecule has 18 heavy (non-hydrogen) atoms. The lowest BCUT2D eigenvalue weighted by atomic mass is 9.91. The van der Waals surface area contributed by atoms with Crippen LogP contribution in [0.2, 0.25) is 0 Å². The van der Waals surface area contributed by atoms with Crippen LogP contribution in [0.1, 0.15) is 58.5 Å². The molecular formula is C14H27N3S. The van der Waals surface area contributed by atoms with Crippen molar-refractivity contribution in [2.24, 2.45) is 5.73 Å². The molecule has 1 heterocycles. The molecule has 0 spiro atoms. The Morgan fingerprint density at radius 1 is 1.22 bits per heavy atom. The summed E-state index contributed by atoms with van der Waals surface area (Å²) in [6.45, 7) is 13.8. The number of nitrogens with two attached hydrogens (primary N) is 1. The van der Waals surface area contributed by atoms with E-state index in [1.165, 1.54) is 4.88 Å². The minimum absolute atomic E-state index is 0.0562. The molecule has 0 unspecified atom stereocenters. The fraction of sp³-hybridized carbons (Fsp3) is 0.786. The molecule has 0 atom stereocenters. The molecule has 3 nitrogen and oxygen atoms in total. The largest absolute Gasteiger partial charge is 0.346 e. The van der Waals surface area contributed by atoms with Crippen LogP contribution >= 0.6 is 11.3 Å². The van der Waals surface area contributed by atoms with Crippen molar-refractivity contribution in [2.45, 2.75) is 65.5 Å². The second-order valence-corrected chi connectivity index (χ2v) is 7.51. The number of nitrogens with zero attached hydrogens (tertiary/aromatic N) is 2. The van der Waals surface area contributed by atoms with Crippen LogP contribution in [0, 0.1) is 0 Å². The van der Waals surface area contributed by atoms with Crippen molar-refractivity contribution >= 4 is 16.5 Å². The normalized spacial score (nSPS) is 12.9. The summed E-state index contributed by atoms with van der Waals surface area (Å²) in [6.07, 6.45) is 1.09. The van der Waals surface area contributed by atoms with Gasteiger partial charge >= 0.3 is 0 Å². The Labute approximate surface area is 115 Å². The highest BCUT2D eigenvalue weighted by Crippen LogP contribution is 2.35. The minimum Gasteiger partial charge on any atom is -0.346 e. The van der Waals surface area contributed by atoms with Crippen LogP contribution in [-0.2, 0) is 12.0 Å². The van der Waals surface area contributed by atoms with E-state index in [2.05, 4.69) is 53.5 Å². The van der Waals surface area contributed by atoms with Gasteiger partial charge in [0.05, 0.1) is 5.69 Å². The van der Waals surface area contributed by atoms with Gasteiger partial charge in [0, 0.05) is 29.4 Å². The van der Waals surface area contributed by atoms with E-state index in [0.29, 0.717) is 6.54 Å². The molecule has 0 amide bonds. The summed E-state index contributed by atoms with van der Waals surface area (Å²) in [6, 6.07) is 0. The van der Waals surface area contributed by atoms with Crippen LogP contribution in [0.15, 0.2) is 0 Å². The summed E-state index contributed by atoms with van der Waals surface area (Å²) in [5.74, 6) is 0. The van der Waals surface area contributed by atoms with Gasteiger partial charge < -0.3 is 10.6 Å². The first-order chi connectivity index (χ1) is 8.13. The van der Waals surface area contributed by atoms with Crippen molar-refractivity contribution in [3.63, 3.8) is 0 Å². The van der Waals surface area contributed by atoms with E-state index < -0.39 is 0 Å². The van der Waals surface area contributed by atoms with Gasteiger partial charge in [-0.2, -0.15) is 0 Å². The highest BCUT2D eigenvalue weighted by molar-refractivity contribution is 7.15. The van der Waals surface area contributed by atoms with Crippen LogP contribution < -0.4 is 10.6 Å². The second kappa shape index (κ2) is 5.17. The Morgan fingerprint density at radius 3 is 2.11 bits per heavy atom. The Hall–Kier alpha value is -0.610. The van der Waals surface area contributed by atoms with Gasteiger partial charge in [0.2, 0.25) is 0 Å². The second-order valence-electron chi connectivity index (χ2n) is 6.45. The summed E-state index contributed by atoms with van der Waals surface area (Å²) < 4.78 is 0. The van der Waals surface area contributed by atoms with Gasteiger partial charge in [-0.3, -0.25) is 0 Å². The molecule has 0 saturated heterocycles. The molecule has 4 heteroatoms. The zero-order valence-electron chi connectivity index (χ0n) is 12.8. The van der Waals surface area contributed by atoms with Crippen LogP contribution in [0.3, 0.4) is 0 Å². The summed E-state index contributed by atoms with van der Waals surface area (Å²) in [5, 5.41) is 1.08. The predicted molar refractivity (Wildman–Crippen MR) is 81.5 cm³/mol. The molecule has 1 aromatic heterocycles. The molecule has 0 aliphatic heterocycles. The third kappa shape index (κ3) is 3.04. The van der Waals surface area contributed by atoms with E-state index in [1.807, 2.05) is 0 Å². The van der Waals surface area contributed by atoms with E-state index in [-0.39, 0.29) is 11.0 Å². The Balaban J connectivity index is 3.17. The fourth-order valence-corrected chi connectivity index (χ4v) is 2.98. The Bertz CT molecular complexity index is 402. The van der Waals surface area contributed by atoms with Gasteiger partial charge in [-0.1, -0.05) is 27.7 Å². The van der Waals surface area contributed by atoms with E-state index in [1.54, 1.807) is 11.3 Å². The van der Waals surface area contributed by atoms with Crippen molar-refractivity contribution in [1.82, 2.24) is 4.98 Å². The first kappa shape index (κ1) is 15.4. The molecule has 2 N–H and O–H groups in total. The van der Waals surface area contributed by atoms with Crippen LogP contribution in [0.4, 0.5) is 5.13 Å². The third-order valence-corrected chi connectivity index (χ3v) is 4.80. The lowest BCUT2D eigenvalue weighted by Crippen LogP contribution is -2.40. The predicted octanol–water partition coefficient (Wildman–Crippen LogP) is 3.52. The van der Waals surface area contributed by atoms with Crippen LogP contribution in [0.25, 0.3) is 0 Å². The first-order valence-corrected chi connectivity index (χ1v) is 7.39. The van der Waals surface area contributed by atoms with E-state index >= 15 is 0 Å². The molecule has 1 rings (SSSR count). The lowest BCUT2D eigenvalue weighted by Gasteiger charge is -2.34. The quantitative estimate of drug-likeness (QED) is 0.909. The van der Waals surface area contributed by atoms with E-state index in [9.17, 15) is 0 Å². The average molecular weight is 269 g/mol. The van der Waals surface area contributed by atoms with E-state index in [0.717, 1.165) is 17.2 Å². The maximum Gasteiger partial charge on any atom is 0.186 e. The standard InChI is InChI=1S/C14H27N3S/c1-8-14(5,6)17(7)12-16-11(13(2,3)4)10(9-15)18-12/h8-9,15H2,1-7H3. The van der Waals surface area contributed by atoms with Gasteiger partial charge in [0.15, 0.2) is 5.13 Å². The maximum atomic E-state index is 5.85. The molecule has 0 fully saturated rings. The van der Waals surface area contributed by atoms with Crippen LogP contribution in [0.5, 0.6) is 0 Å². The maximum absolute atomic E-state index is 5.85. The summed E-state index contributed by atoms with van der Waals surface area (Å²) in [7, 11) is 2.12. The zero-order chi connectivity index (χ0) is 14.1. The number of rotatable bonds is 4. The molecule has 0 aliphatic rings. The highest BCUT2D eigenvalue weighted by Gasteiger charge is 2.28. The summed E-state index contributed by atoms with van der Waals surface area (Å²) in [4.78, 5) is 8.31. The molecular weight excluding hydrogens is 242 g/mol. The average Bonchev–Trinajstić information content (AvgIpc) is 2.71. The molecule has 0 aliphatic carbocycles. The SMILES string of the molecule is CCC(C)(C)N(C)c1nc(C(C)(C)C)c(CN)s1. The third-order valence-electron chi connectivity index (χ3n) is 3.64. The molecule has 0 aromatic carbocycles. The number of thiazole rings is 1. The number of anilines is 1. The topological polar surface area (TPSA) is 42.2 Å². The van der Waals surface area contributed by atoms with Crippen molar-refractivity contribution in [3.8, 4) is 0 Å².